The Kier molecular flexibility index (Phi) is 6.79. The zero-order valence-corrected chi connectivity index (χ0v) is 14.1. The van der Waals surface area contributed by atoms with E-state index in [0.29, 0.717) is 12.6 Å². The summed E-state index contributed by atoms with van der Waals surface area (Å²) in [7, 11) is 0. The number of hydrogen-bond acceptors (Lipinski definition) is 1. The molecule has 0 spiro atoms. The van der Waals surface area contributed by atoms with Gasteiger partial charge < -0.3 is 10.6 Å². The number of nitrogens with one attached hydrogen (secondary N) is 1. The average Bonchev–Trinajstić information content (AvgIpc) is 2.40. The van der Waals surface area contributed by atoms with Crippen LogP contribution in [0.2, 0.25) is 0 Å². The Bertz CT molecular complexity index is 428. The molecule has 1 amide bonds. The lowest BCUT2D eigenvalue weighted by molar-refractivity contribution is -0.680. The van der Waals surface area contributed by atoms with Crippen LogP contribution in [0, 0.1) is 3.57 Å². The van der Waals surface area contributed by atoms with E-state index in [1.54, 1.807) is 0 Å². The molecule has 1 fully saturated rings. The van der Waals surface area contributed by atoms with Gasteiger partial charge in [0.15, 0.2) is 6.54 Å². The number of carbonyl (C=O) groups is 1. The molecule has 0 unspecified atom stereocenters. The first-order valence-corrected chi connectivity index (χ1v) is 8.71. The number of hydrogen-bond donors (Lipinski definition) is 2. The van der Waals surface area contributed by atoms with Crippen molar-refractivity contribution in [3.8, 4) is 0 Å². The smallest absolute Gasteiger partial charge is 0.279 e. The summed E-state index contributed by atoms with van der Waals surface area (Å²) in [6, 6.07) is 8.54. The van der Waals surface area contributed by atoms with Crippen molar-refractivity contribution in [3.63, 3.8) is 0 Å². The molecule has 3 N–H and O–H groups in total. The fourth-order valence-corrected chi connectivity index (χ4v) is 3.28. The van der Waals surface area contributed by atoms with Gasteiger partial charge in [0.2, 0.25) is 0 Å². The van der Waals surface area contributed by atoms with E-state index in [4.69, 9.17) is 0 Å². The molecule has 0 radical (unpaired) electrons. The average molecular weight is 387 g/mol. The zero-order chi connectivity index (χ0) is 14.2. The Balaban J connectivity index is 1.75. The Morgan fingerprint density at radius 2 is 1.80 bits per heavy atom. The third-order valence-corrected chi connectivity index (χ3v) is 4.88. The molecular formula is C16H24IN2O+. The van der Waals surface area contributed by atoms with Crippen molar-refractivity contribution >= 4 is 34.2 Å². The van der Waals surface area contributed by atoms with Crippen molar-refractivity contribution in [3.05, 3.63) is 27.8 Å². The number of quaternary nitrogens is 1. The SMILES string of the molecule is O=C(C[NH2+]C1CCCCCCC1)Nc1ccccc1I. The summed E-state index contributed by atoms with van der Waals surface area (Å²) in [5.74, 6) is 0.108. The van der Waals surface area contributed by atoms with Gasteiger partial charge in [0.05, 0.1) is 11.7 Å². The van der Waals surface area contributed by atoms with Gasteiger partial charge in [-0.25, -0.2) is 0 Å². The van der Waals surface area contributed by atoms with Crippen LogP contribution in [-0.4, -0.2) is 18.5 Å². The van der Waals surface area contributed by atoms with Gasteiger partial charge in [-0.1, -0.05) is 31.4 Å². The molecule has 1 aromatic rings. The number of nitrogens with two attached hydrogens (primary N) is 1. The summed E-state index contributed by atoms with van der Waals surface area (Å²) in [5.41, 5.74) is 0.921. The second-order valence-corrected chi connectivity index (χ2v) is 6.74. The minimum atomic E-state index is 0.108. The first-order chi connectivity index (χ1) is 9.75. The predicted molar refractivity (Wildman–Crippen MR) is 90.7 cm³/mol. The molecule has 2 rings (SSSR count). The molecule has 0 heterocycles. The number of rotatable bonds is 4. The third kappa shape index (κ3) is 5.40. The maximum absolute atomic E-state index is 12.0. The van der Waals surface area contributed by atoms with Crippen LogP contribution >= 0.6 is 22.6 Å². The molecule has 110 valence electrons. The van der Waals surface area contributed by atoms with Crippen LogP contribution in [0.3, 0.4) is 0 Å². The second-order valence-electron chi connectivity index (χ2n) is 5.57. The van der Waals surface area contributed by atoms with Gasteiger partial charge in [0.1, 0.15) is 0 Å². The lowest BCUT2D eigenvalue weighted by atomic mass is 9.97. The number of amides is 1. The molecule has 4 heteroatoms. The highest BCUT2D eigenvalue weighted by atomic mass is 127. The van der Waals surface area contributed by atoms with Crippen molar-refractivity contribution in [1.29, 1.82) is 0 Å². The summed E-state index contributed by atoms with van der Waals surface area (Å²) < 4.78 is 1.09. The minimum absolute atomic E-state index is 0.108. The van der Waals surface area contributed by atoms with Gasteiger partial charge in [-0.05, 0) is 60.4 Å². The first-order valence-electron chi connectivity index (χ1n) is 7.63. The molecule has 20 heavy (non-hydrogen) atoms. The maximum Gasteiger partial charge on any atom is 0.279 e. The Morgan fingerprint density at radius 1 is 1.15 bits per heavy atom. The summed E-state index contributed by atoms with van der Waals surface area (Å²) in [6.07, 6.45) is 9.27. The summed E-state index contributed by atoms with van der Waals surface area (Å²) in [5, 5.41) is 5.23. The molecule has 3 nitrogen and oxygen atoms in total. The number of carbonyl (C=O) groups excluding carboxylic acids is 1. The van der Waals surface area contributed by atoms with E-state index in [1.807, 2.05) is 24.3 Å². The van der Waals surface area contributed by atoms with Gasteiger partial charge in [0, 0.05) is 3.57 Å². The molecule has 1 aliphatic rings. The normalized spacial score (nSPS) is 17.2. The Hall–Kier alpha value is -0.620. The maximum atomic E-state index is 12.0. The van der Waals surface area contributed by atoms with Crippen LogP contribution in [0.4, 0.5) is 5.69 Å². The van der Waals surface area contributed by atoms with Gasteiger partial charge in [-0.15, -0.1) is 0 Å². The van der Waals surface area contributed by atoms with Crippen LogP contribution in [-0.2, 0) is 4.79 Å². The lowest BCUT2D eigenvalue weighted by Gasteiger charge is -2.18. The van der Waals surface area contributed by atoms with Gasteiger partial charge in [0.25, 0.3) is 5.91 Å². The zero-order valence-electron chi connectivity index (χ0n) is 11.9. The van der Waals surface area contributed by atoms with E-state index < -0.39 is 0 Å². The second kappa shape index (κ2) is 8.62. The van der Waals surface area contributed by atoms with Gasteiger partial charge >= 0.3 is 0 Å². The van der Waals surface area contributed by atoms with Crippen molar-refractivity contribution in [2.24, 2.45) is 0 Å². The Labute approximate surface area is 135 Å². The van der Waals surface area contributed by atoms with E-state index in [2.05, 4.69) is 33.2 Å². The Morgan fingerprint density at radius 3 is 2.50 bits per heavy atom. The molecule has 0 aliphatic heterocycles. The molecule has 1 aliphatic carbocycles. The molecular weight excluding hydrogens is 363 g/mol. The first kappa shape index (κ1) is 15.8. The molecule has 0 atom stereocenters. The van der Waals surface area contributed by atoms with Crippen LogP contribution in [0.25, 0.3) is 0 Å². The molecule has 0 saturated heterocycles. The molecule has 1 saturated carbocycles. The largest absolute Gasteiger partial charge is 0.336 e. The standard InChI is InChI=1S/C16H23IN2O/c17-14-10-6-7-11-15(14)19-16(20)12-18-13-8-4-2-1-3-5-9-13/h6-7,10-11,13,18H,1-5,8-9,12H2,(H,19,20)/p+1. The van der Waals surface area contributed by atoms with Crippen molar-refractivity contribution < 1.29 is 10.1 Å². The van der Waals surface area contributed by atoms with E-state index in [1.165, 1.54) is 44.9 Å². The fraction of sp³-hybridized carbons (Fsp3) is 0.562. The van der Waals surface area contributed by atoms with Gasteiger partial charge in [-0.3, -0.25) is 4.79 Å². The van der Waals surface area contributed by atoms with Crippen LogP contribution in [0.1, 0.15) is 44.9 Å². The quantitative estimate of drug-likeness (QED) is 0.767. The highest BCUT2D eigenvalue weighted by molar-refractivity contribution is 14.1. The van der Waals surface area contributed by atoms with E-state index in [9.17, 15) is 4.79 Å². The summed E-state index contributed by atoms with van der Waals surface area (Å²) >= 11 is 2.25. The highest BCUT2D eigenvalue weighted by Gasteiger charge is 2.16. The highest BCUT2D eigenvalue weighted by Crippen LogP contribution is 2.17. The topological polar surface area (TPSA) is 45.7 Å². The van der Waals surface area contributed by atoms with Crippen LogP contribution in [0.15, 0.2) is 24.3 Å². The lowest BCUT2D eigenvalue weighted by Crippen LogP contribution is -2.91. The molecule has 0 bridgehead atoms. The number of para-hydroxylation sites is 1. The summed E-state index contributed by atoms with van der Waals surface area (Å²) in [4.78, 5) is 12.0. The van der Waals surface area contributed by atoms with Crippen LogP contribution in [0.5, 0.6) is 0 Å². The summed E-state index contributed by atoms with van der Waals surface area (Å²) in [6.45, 7) is 0.537. The van der Waals surface area contributed by atoms with E-state index in [-0.39, 0.29) is 5.91 Å². The van der Waals surface area contributed by atoms with E-state index in [0.717, 1.165) is 9.26 Å². The minimum Gasteiger partial charge on any atom is -0.336 e. The fourth-order valence-electron chi connectivity index (χ4n) is 2.76. The van der Waals surface area contributed by atoms with Crippen molar-refractivity contribution in [1.82, 2.24) is 0 Å². The molecule has 1 aromatic carbocycles. The van der Waals surface area contributed by atoms with E-state index >= 15 is 0 Å². The third-order valence-electron chi connectivity index (χ3n) is 3.93. The van der Waals surface area contributed by atoms with Crippen molar-refractivity contribution in [2.75, 3.05) is 11.9 Å². The van der Waals surface area contributed by atoms with Gasteiger partial charge in [-0.2, -0.15) is 0 Å². The number of anilines is 1. The molecule has 0 aromatic heterocycles. The number of halogens is 1. The number of benzene rings is 1. The van der Waals surface area contributed by atoms with Crippen molar-refractivity contribution in [2.45, 2.75) is 51.0 Å². The van der Waals surface area contributed by atoms with Crippen LogP contribution < -0.4 is 10.6 Å². The monoisotopic (exact) mass is 387 g/mol. The predicted octanol–water partition coefficient (Wildman–Crippen LogP) is 2.91.